The Kier molecular flexibility index (Phi) is 6.83. The van der Waals surface area contributed by atoms with Crippen LogP contribution in [0.15, 0.2) is 78.9 Å². The lowest BCUT2D eigenvalue weighted by atomic mass is 10.0. The van der Waals surface area contributed by atoms with Crippen molar-refractivity contribution in [1.82, 2.24) is 25.1 Å². The summed E-state index contributed by atoms with van der Waals surface area (Å²) in [5.41, 5.74) is 9.00. The van der Waals surface area contributed by atoms with E-state index in [1.165, 1.54) is 16.8 Å². The molecule has 0 unspecified atom stereocenters. The molecule has 0 aliphatic carbocycles. The van der Waals surface area contributed by atoms with Crippen LogP contribution in [-0.4, -0.2) is 36.9 Å². The van der Waals surface area contributed by atoms with E-state index in [1.807, 2.05) is 53.2 Å². The fourth-order valence-corrected chi connectivity index (χ4v) is 5.88. The minimum absolute atomic E-state index is 0.100. The zero-order valence-corrected chi connectivity index (χ0v) is 22.1. The molecule has 6 nitrogen and oxygen atoms in total. The molecule has 3 heterocycles. The van der Waals surface area contributed by atoms with Crippen LogP contribution < -0.4 is 5.32 Å². The first kappa shape index (κ1) is 24.6. The van der Waals surface area contributed by atoms with Gasteiger partial charge in [-0.3, -0.25) is 0 Å². The molecule has 3 N–H and O–H groups in total. The van der Waals surface area contributed by atoms with Crippen LogP contribution in [0, 0.1) is 13.8 Å². The summed E-state index contributed by atoms with van der Waals surface area (Å²) in [4.78, 5) is 8.42. The predicted molar refractivity (Wildman–Crippen MR) is 152 cm³/mol. The Labute approximate surface area is 223 Å². The minimum atomic E-state index is -0.467. The summed E-state index contributed by atoms with van der Waals surface area (Å²) in [7, 11) is 0. The molecule has 1 fully saturated rings. The number of hydrogen-bond acceptors (Lipinski definition) is 4. The fourth-order valence-electron chi connectivity index (χ4n) is 5.88. The second-order valence-corrected chi connectivity index (χ2v) is 10.5. The summed E-state index contributed by atoms with van der Waals surface area (Å²) in [6.45, 7) is 4.24. The van der Waals surface area contributed by atoms with E-state index in [9.17, 15) is 5.11 Å². The number of imidazole rings is 1. The van der Waals surface area contributed by atoms with Crippen molar-refractivity contribution in [2.45, 2.75) is 64.1 Å². The average Bonchev–Trinajstić information content (AvgIpc) is 3.65. The molecule has 0 amide bonds. The van der Waals surface area contributed by atoms with E-state index in [2.05, 4.69) is 54.5 Å². The summed E-state index contributed by atoms with van der Waals surface area (Å²) in [5, 5.41) is 19.3. The molecular formula is C32H35N5O. The molecule has 0 radical (unpaired) electrons. The summed E-state index contributed by atoms with van der Waals surface area (Å²) in [6, 6.07) is 27.3. The number of benzene rings is 3. The third-order valence-electron chi connectivity index (χ3n) is 7.93. The Balaban J connectivity index is 1.10. The van der Waals surface area contributed by atoms with Gasteiger partial charge in [0.05, 0.1) is 28.5 Å². The van der Waals surface area contributed by atoms with Gasteiger partial charge in [-0.25, -0.2) is 9.67 Å². The maximum absolute atomic E-state index is 10.8. The smallest absolute Gasteiger partial charge is 0.107 e. The quantitative estimate of drug-likeness (QED) is 0.258. The first-order valence-electron chi connectivity index (χ1n) is 13.6. The van der Waals surface area contributed by atoms with Gasteiger partial charge < -0.3 is 15.4 Å². The van der Waals surface area contributed by atoms with Gasteiger partial charge in [0.1, 0.15) is 5.82 Å². The Bertz CT molecular complexity index is 1520. The van der Waals surface area contributed by atoms with Crippen molar-refractivity contribution in [3.05, 3.63) is 113 Å². The number of aryl methyl sites for hydroxylation is 2. The molecule has 6 rings (SSSR count). The maximum Gasteiger partial charge on any atom is 0.107 e. The number of aliphatic hydroxyl groups excluding tert-OH is 1. The topological polar surface area (TPSA) is 78.8 Å². The van der Waals surface area contributed by atoms with Gasteiger partial charge >= 0.3 is 0 Å². The summed E-state index contributed by atoms with van der Waals surface area (Å²) < 4.78 is 2.04. The van der Waals surface area contributed by atoms with Crippen LogP contribution in [0.3, 0.4) is 0 Å². The van der Waals surface area contributed by atoms with Crippen LogP contribution in [0.1, 0.15) is 52.8 Å². The maximum atomic E-state index is 10.8. The monoisotopic (exact) mass is 505 g/mol. The molecule has 0 bridgehead atoms. The van der Waals surface area contributed by atoms with Gasteiger partial charge in [0.15, 0.2) is 0 Å². The molecule has 0 spiro atoms. The lowest BCUT2D eigenvalue weighted by Crippen LogP contribution is -2.35. The number of aromatic amines is 1. The third-order valence-corrected chi connectivity index (χ3v) is 7.93. The fraction of sp³-hybridized carbons (Fsp3) is 0.312. The first-order chi connectivity index (χ1) is 18.5. The van der Waals surface area contributed by atoms with Gasteiger partial charge in [0.25, 0.3) is 0 Å². The molecule has 5 aromatic rings. The Morgan fingerprint density at radius 3 is 2.50 bits per heavy atom. The number of para-hydroxylation sites is 1. The predicted octanol–water partition coefficient (Wildman–Crippen LogP) is 5.55. The number of H-pyrrole nitrogens is 1. The lowest BCUT2D eigenvalue weighted by molar-refractivity contribution is 0.135. The van der Waals surface area contributed by atoms with Gasteiger partial charge in [0.2, 0.25) is 0 Å². The van der Waals surface area contributed by atoms with E-state index >= 15 is 0 Å². The molecule has 0 saturated carbocycles. The normalized spacial score (nSPS) is 18.3. The van der Waals surface area contributed by atoms with E-state index in [1.54, 1.807) is 0 Å². The summed E-state index contributed by atoms with van der Waals surface area (Å²) in [6.07, 6.45) is 4.27. The number of nitrogens with zero attached hydrogens (tertiary/aromatic N) is 3. The highest BCUT2D eigenvalue weighted by Crippen LogP contribution is 2.27. The second-order valence-electron chi connectivity index (χ2n) is 10.5. The van der Waals surface area contributed by atoms with E-state index in [4.69, 9.17) is 10.1 Å². The number of nitrogens with one attached hydrogen (secondary N) is 2. The van der Waals surface area contributed by atoms with Crippen LogP contribution in [-0.2, 0) is 19.3 Å². The van der Waals surface area contributed by atoms with Crippen LogP contribution in [0.2, 0.25) is 0 Å². The molecule has 1 aliphatic heterocycles. The zero-order valence-electron chi connectivity index (χ0n) is 22.1. The Morgan fingerprint density at radius 2 is 1.71 bits per heavy atom. The van der Waals surface area contributed by atoms with Crippen LogP contribution in [0.25, 0.3) is 16.7 Å². The van der Waals surface area contributed by atoms with E-state index in [0.29, 0.717) is 6.04 Å². The molecule has 38 heavy (non-hydrogen) atoms. The van der Waals surface area contributed by atoms with Crippen molar-refractivity contribution in [3.63, 3.8) is 0 Å². The van der Waals surface area contributed by atoms with Crippen molar-refractivity contribution in [3.8, 4) is 5.69 Å². The molecular weight excluding hydrogens is 470 g/mol. The van der Waals surface area contributed by atoms with Crippen molar-refractivity contribution in [2.24, 2.45) is 0 Å². The van der Waals surface area contributed by atoms with Crippen molar-refractivity contribution in [2.75, 3.05) is 0 Å². The van der Waals surface area contributed by atoms with Crippen LogP contribution in [0.5, 0.6) is 0 Å². The van der Waals surface area contributed by atoms with Crippen molar-refractivity contribution >= 4 is 11.0 Å². The zero-order chi connectivity index (χ0) is 26.1. The van der Waals surface area contributed by atoms with E-state index in [0.717, 1.165) is 65.9 Å². The number of aromatic nitrogens is 4. The largest absolute Gasteiger partial charge is 0.387 e. The van der Waals surface area contributed by atoms with Gasteiger partial charge in [-0.05, 0) is 80.5 Å². The van der Waals surface area contributed by atoms with Crippen molar-refractivity contribution < 1.29 is 5.11 Å². The Morgan fingerprint density at radius 1 is 0.947 bits per heavy atom. The van der Waals surface area contributed by atoms with Crippen molar-refractivity contribution in [1.29, 1.82) is 0 Å². The van der Waals surface area contributed by atoms with Crippen LogP contribution in [0.4, 0.5) is 0 Å². The van der Waals surface area contributed by atoms with Gasteiger partial charge in [-0.15, -0.1) is 0 Å². The van der Waals surface area contributed by atoms with Crippen LogP contribution >= 0.6 is 0 Å². The van der Waals surface area contributed by atoms with Gasteiger partial charge in [0, 0.05) is 24.2 Å². The number of fused-ring (bicyclic) bond motifs is 1. The van der Waals surface area contributed by atoms with E-state index < -0.39 is 6.10 Å². The Hall–Kier alpha value is -3.74. The molecule has 3 atom stereocenters. The molecule has 6 heteroatoms. The van der Waals surface area contributed by atoms with Gasteiger partial charge in [-0.2, -0.15) is 5.10 Å². The molecule has 1 aliphatic rings. The highest BCUT2D eigenvalue weighted by Gasteiger charge is 2.30. The molecule has 2 aromatic heterocycles. The minimum Gasteiger partial charge on any atom is -0.387 e. The lowest BCUT2D eigenvalue weighted by Gasteiger charge is -2.20. The first-order valence-corrected chi connectivity index (χ1v) is 13.6. The molecule has 3 aromatic carbocycles. The number of rotatable bonds is 8. The van der Waals surface area contributed by atoms with E-state index in [-0.39, 0.29) is 6.04 Å². The number of aliphatic hydroxyl groups is 1. The number of hydrogen-bond donors (Lipinski definition) is 3. The summed E-state index contributed by atoms with van der Waals surface area (Å²) in [5.74, 6) is 1.01. The third kappa shape index (κ3) is 5.02. The standard InChI is InChI=1S/C32H35N5O/c1-21-27(22(2)37(36-21)26-11-7-4-8-12-26)15-18-31-34-28-16-13-23(20-30(28)35-31)19-25-14-17-29(33-25)32(38)24-9-5-3-6-10-24/h3-13,16,20,25,29,32-33,38H,14-15,17-19H2,1-2H3,(H,34,35)/t25-,29+,32+/m0/s1. The second kappa shape index (κ2) is 10.6. The molecule has 194 valence electrons. The molecule has 1 saturated heterocycles. The summed E-state index contributed by atoms with van der Waals surface area (Å²) >= 11 is 0. The SMILES string of the molecule is Cc1nn(-c2ccccc2)c(C)c1CCc1nc2ccc(C[C@@H]3CC[C@H]([C@H](O)c4ccccc4)N3)cc2[nH]1. The average molecular weight is 506 g/mol. The van der Waals surface area contributed by atoms with Gasteiger partial charge in [-0.1, -0.05) is 54.6 Å². The highest BCUT2D eigenvalue weighted by molar-refractivity contribution is 5.76. The highest BCUT2D eigenvalue weighted by atomic mass is 16.3.